The first-order chi connectivity index (χ1) is 11.1. The van der Waals surface area contributed by atoms with Gasteiger partial charge >= 0.3 is 0 Å². The molecule has 4 nitrogen and oxygen atoms in total. The highest BCUT2D eigenvalue weighted by Crippen LogP contribution is 2.33. The number of hydrogen-bond acceptors (Lipinski definition) is 3. The number of hydrazone groups is 1. The Morgan fingerprint density at radius 1 is 1.09 bits per heavy atom. The molecule has 1 amide bonds. The number of rotatable bonds is 3. The molecule has 0 aromatic heterocycles. The summed E-state index contributed by atoms with van der Waals surface area (Å²) in [5, 5.41) is 6.17. The third-order valence-corrected chi connectivity index (χ3v) is 4.13. The number of anilines is 1. The highest BCUT2D eigenvalue weighted by atomic mass is 16.2. The van der Waals surface area contributed by atoms with E-state index < -0.39 is 0 Å². The molecule has 0 spiro atoms. The van der Waals surface area contributed by atoms with Crippen LogP contribution < -0.4 is 4.90 Å². The van der Waals surface area contributed by atoms with Gasteiger partial charge in [-0.25, -0.2) is 5.01 Å². The normalized spacial score (nSPS) is 17.1. The lowest BCUT2D eigenvalue weighted by atomic mass is 9.98. The lowest BCUT2D eigenvalue weighted by molar-refractivity contribution is -0.130. The Balaban J connectivity index is 1.89. The molecule has 0 N–H and O–H groups in total. The van der Waals surface area contributed by atoms with Gasteiger partial charge in [0.05, 0.1) is 11.8 Å². The van der Waals surface area contributed by atoms with Gasteiger partial charge in [0.15, 0.2) is 0 Å². The van der Waals surface area contributed by atoms with E-state index in [0.717, 1.165) is 28.9 Å². The minimum atomic E-state index is -0.0300. The number of nitrogens with zero attached hydrogens (tertiary/aromatic N) is 3. The summed E-state index contributed by atoms with van der Waals surface area (Å²) in [6.07, 6.45) is 0.741. The van der Waals surface area contributed by atoms with Gasteiger partial charge < -0.3 is 4.90 Å². The Labute approximate surface area is 137 Å². The summed E-state index contributed by atoms with van der Waals surface area (Å²) >= 11 is 0. The van der Waals surface area contributed by atoms with Crippen molar-refractivity contribution in [2.75, 3.05) is 19.0 Å². The van der Waals surface area contributed by atoms with Crippen LogP contribution in [0.15, 0.2) is 59.7 Å². The summed E-state index contributed by atoms with van der Waals surface area (Å²) in [5.41, 5.74) is 4.29. The highest BCUT2D eigenvalue weighted by molar-refractivity contribution is 6.03. The molecule has 118 valence electrons. The molecule has 3 rings (SSSR count). The molecule has 1 aliphatic rings. The standard InChI is InChI=1S/C19H21N3O/c1-14(23)22-19(16-9-11-17(12-10-16)21(2)3)13-18(20-22)15-7-5-4-6-8-15/h4-12,19H,13H2,1-3H3/t19-/m0/s1. The second-order valence-electron chi connectivity index (χ2n) is 5.98. The van der Waals surface area contributed by atoms with Crippen molar-refractivity contribution < 1.29 is 4.79 Å². The van der Waals surface area contributed by atoms with Crippen LogP contribution in [0.25, 0.3) is 0 Å². The fourth-order valence-electron chi connectivity index (χ4n) is 2.86. The Morgan fingerprint density at radius 2 is 1.74 bits per heavy atom. The lowest BCUT2D eigenvalue weighted by Gasteiger charge is -2.21. The Hall–Kier alpha value is -2.62. The molecule has 0 aliphatic carbocycles. The molecular formula is C19H21N3O. The summed E-state index contributed by atoms with van der Waals surface area (Å²) in [7, 11) is 4.03. The molecule has 1 aliphatic heterocycles. The van der Waals surface area contributed by atoms with Gasteiger partial charge in [0.2, 0.25) is 5.91 Å². The van der Waals surface area contributed by atoms with Crippen molar-refractivity contribution in [1.29, 1.82) is 0 Å². The smallest absolute Gasteiger partial charge is 0.240 e. The van der Waals surface area contributed by atoms with Gasteiger partial charge in [-0.2, -0.15) is 5.10 Å². The summed E-state index contributed by atoms with van der Waals surface area (Å²) in [4.78, 5) is 14.1. The van der Waals surface area contributed by atoms with E-state index in [1.165, 1.54) is 0 Å². The quantitative estimate of drug-likeness (QED) is 0.870. The van der Waals surface area contributed by atoms with Crippen LogP contribution in [-0.2, 0) is 4.79 Å². The Bertz CT molecular complexity index is 720. The lowest BCUT2D eigenvalue weighted by Crippen LogP contribution is -2.24. The van der Waals surface area contributed by atoms with Gasteiger partial charge in [-0.1, -0.05) is 42.5 Å². The van der Waals surface area contributed by atoms with E-state index in [0.29, 0.717) is 0 Å². The van der Waals surface area contributed by atoms with Crippen LogP contribution in [0.4, 0.5) is 5.69 Å². The van der Waals surface area contributed by atoms with E-state index in [4.69, 9.17) is 0 Å². The third kappa shape index (κ3) is 3.11. The van der Waals surface area contributed by atoms with Gasteiger partial charge in [-0.3, -0.25) is 4.79 Å². The van der Waals surface area contributed by atoms with Crippen molar-refractivity contribution >= 4 is 17.3 Å². The number of carbonyl (C=O) groups excluding carboxylic acids is 1. The van der Waals surface area contributed by atoms with Crippen molar-refractivity contribution in [2.45, 2.75) is 19.4 Å². The van der Waals surface area contributed by atoms with E-state index in [1.54, 1.807) is 11.9 Å². The topological polar surface area (TPSA) is 35.9 Å². The first-order valence-electron chi connectivity index (χ1n) is 7.76. The fourth-order valence-corrected chi connectivity index (χ4v) is 2.86. The van der Waals surface area contributed by atoms with Crippen LogP contribution >= 0.6 is 0 Å². The van der Waals surface area contributed by atoms with Crippen molar-refractivity contribution in [3.05, 3.63) is 65.7 Å². The van der Waals surface area contributed by atoms with Crippen LogP contribution in [0.1, 0.15) is 30.5 Å². The largest absolute Gasteiger partial charge is 0.378 e. The minimum Gasteiger partial charge on any atom is -0.378 e. The van der Waals surface area contributed by atoms with Gasteiger partial charge in [0, 0.05) is 33.1 Å². The summed E-state index contributed by atoms with van der Waals surface area (Å²) in [5.74, 6) is -0.0300. The maximum atomic E-state index is 12.0. The Morgan fingerprint density at radius 3 is 2.30 bits per heavy atom. The molecule has 4 heteroatoms. The first kappa shape index (κ1) is 15.3. The maximum absolute atomic E-state index is 12.0. The molecule has 0 radical (unpaired) electrons. The number of hydrogen-bond donors (Lipinski definition) is 0. The van der Waals surface area contributed by atoms with Crippen molar-refractivity contribution in [3.63, 3.8) is 0 Å². The maximum Gasteiger partial charge on any atom is 0.240 e. The summed E-state index contributed by atoms with van der Waals surface area (Å²) < 4.78 is 0. The molecule has 1 heterocycles. The van der Waals surface area contributed by atoms with Crippen molar-refractivity contribution in [2.24, 2.45) is 5.10 Å². The van der Waals surface area contributed by atoms with E-state index in [-0.39, 0.29) is 11.9 Å². The zero-order valence-electron chi connectivity index (χ0n) is 13.7. The van der Waals surface area contributed by atoms with Crippen LogP contribution in [0.2, 0.25) is 0 Å². The first-order valence-corrected chi connectivity index (χ1v) is 7.76. The second kappa shape index (κ2) is 6.24. The van der Waals surface area contributed by atoms with E-state index in [1.807, 2.05) is 44.4 Å². The average Bonchev–Trinajstić information content (AvgIpc) is 3.01. The van der Waals surface area contributed by atoms with Gasteiger partial charge in [-0.05, 0) is 23.3 Å². The molecule has 0 bridgehead atoms. The predicted molar refractivity (Wildman–Crippen MR) is 93.6 cm³/mol. The third-order valence-electron chi connectivity index (χ3n) is 4.13. The van der Waals surface area contributed by atoms with Gasteiger partial charge in [0.1, 0.15) is 0 Å². The number of amides is 1. The van der Waals surface area contributed by atoms with Crippen LogP contribution in [-0.4, -0.2) is 30.7 Å². The van der Waals surface area contributed by atoms with Gasteiger partial charge in [0.25, 0.3) is 0 Å². The molecule has 2 aromatic rings. The molecule has 2 aromatic carbocycles. The zero-order valence-corrected chi connectivity index (χ0v) is 13.7. The highest BCUT2D eigenvalue weighted by Gasteiger charge is 2.31. The fraction of sp³-hybridized carbons (Fsp3) is 0.263. The molecule has 1 atom stereocenters. The molecular weight excluding hydrogens is 286 g/mol. The summed E-state index contributed by atoms with van der Waals surface area (Å²) in [6.45, 7) is 1.57. The van der Waals surface area contributed by atoms with Crippen molar-refractivity contribution in [1.82, 2.24) is 5.01 Å². The number of benzene rings is 2. The van der Waals surface area contributed by atoms with Crippen LogP contribution in [0.3, 0.4) is 0 Å². The molecule has 23 heavy (non-hydrogen) atoms. The Kier molecular flexibility index (Phi) is 4.15. The van der Waals surface area contributed by atoms with E-state index in [9.17, 15) is 4.79 Å². The molecule has 0 saturated carbocycles. The summed E-state index contributed by atoms with van der Waals surface area (Å²) in [6, 6.07) is 18.3. The number of carbonyl (C=O) groups is 1. The van der Waals surface area contributed by atoms with Crippen LogP contribution in [0.5, 0.6) is 0 Å². The molecule has 0 saturated heterocycles. The average molecular weight is 307 g/mol. The zero-order chi connectivity index (χ0) is 16.4. The van der Waals surface area contributed by atoms with E-state index >= 15 is 0 Å². The SMILES string of the molecule is CC(=O)N1N=C(c2ccccc2)C[C@H]1c1ccc(N(C)C)cc1. The monoisotopic (exact) mass is 307 g/mol. The van der Waals surface area contributed by atoms with Crippen LogP contribution in [0, 0.1) is 0 Å². The molecule has 0 unspecified atom stereocenters. The predicted octanol–water partition coefficient (Wildman–Crippen LogP) is 3.45. The molecule has 0 fully saturated rings. The van der Waals surface area contributed by atoms with E-state index in [2.05, 4.69) is 34.3 Å². The minimum absolute atomic E-state index is 0.0288. The second-order valence-corrected chi connectivity index (χ2v) is 5.98. The van der Waals surface area contributed by atoms with Gasteiger partial charge in [-0.15, -0.1) is 0 Å². The van der Waals surface area contributed by atoms with Crippen molar-refractivity contribution in [3.8, 4) is 0 Å².